The minimum Gasteiger partial charge on any atom is -0.504 e. The van der Waals surface area contributed by atoms with Crippen LogP contribution in [-0.4, -0.2) is 104 Å². The summed E-state index contributed by atoms with van der Waals surface area (Å²) in [6, 6.07) is 4.23. The molecule has 1 saturated heterocycles. The largest absolute Gasteiger partial charge is 0.504 e. The van der Waals surface area contributed by atoms with Gasteiger partial charge in [0.2, 0.25) is 5.91 Å². The molecule has 1 aromatic carbocycles. The number of phenolic OH excluding ortho intramolecular Hbond substituents is 1. The molecule has 2 heterocycles. The first-order valence-electron chi connectivity index (χ1n) is 11.1. The molecule has 2 bridgehead atoms. The van der Waals surface area contributed by atoms with E-state index in [-0.39, 0.29) is 23.6 Å². The number of aliphatic hydroxyl groups is 5. The SMILES string of the molecule is CN1CC[C@]23c4c5ccc(O)c4O[C@H]2[C@@H](O)C=C[C@H]3[C@H]1C5.NC(=O)[C@@H](O)[C@@H](O)[C@H](O)[C@@H](O)C=O. The number of aliphatic hydroxyl groups excluding tert-OH is 5. The van der Waals surface area contributed by atoms with Crippen molar-refractivity contribution in [1.82, 2.24) is 4.90 Å². The zero-order valence-electron chi connectivity index (χ0n) is 18.6. The van der Waals surface area contributed by atoms with E-state index in [1.54, 1.807) is 6.07 Å². The van der Waals surface area contributed by atoms with Crippen molar-refractivity contribution in [2.24, 2.45) is 11.7 Å². The maximum atomic E-state index is 10.4. The van der Waals surface area contributed by atoms with Crippen LogP contribution in [0.1, 0.15) is 17.5 Å². The van der Waals surface area contributed by atoms with E-state index in [2.05, 4.69) is 23.8 Å². The van der Waals surface area contributed by atoms with Crippen molar-refractivity contribution in [2.45, 2.75) is 60.9 Å². The zero-order valence-corrected chi connectivity index (χ0v) is 18.6. The van der Waals surface area contributed by atoms with E-state index in [4.69, 9.17) is 25.2 Å². The third kappa shape index (κ3) is 3.60. The summed E-state index contributed by atoms with van der Waals surface area (Å²) < 4.78 is 6.09. The molecule has 1 aromatic rings. The Morgan fingerprint density at radius 3 is 2.59 bits per heavy atom. The number of piperidine rings is 1. The minimum atomic E-state index is -2.02. The molecule has 4 aliphatic rings. The molecule has 1 amide bonds. The number of hydrogen-bond donors (Lipinski definition) is 7. The number of aldehydes is 1. The predicted octanol–water partition coefficient (Wildman–Crippen LogP) is -2.69. The van der Waals surface area contributed by atoms with Gasteiger partial charge in [-0.05, 0) is 38.1 Å². The fraction of sp³-hybridized carbons (Fsp3) is 0.565. The first-order valence-corrected chi connectivity index (χ1v) is 11.1. The lowest BCUT2D eigenvalue weighted by Gasteiger charge is -2.56. The lowest BCUT2D eigenvalue weighted by molar-refractivity contribution is -0.147. The Hall–Kier alpha value is -2.54. The number of nitrogens with two attached hydrogens (primary N) is 1. The Labute approximate surface area is 195 Å². The number of amides is 1. The molecule has 2 aliphatic heterocycles. The summed E-state index contributed by atoms with van der Waals surface area (Å²) in [6.45, 7) is 1.01. The highest BCUT2D eigenvalue weighted by Crippen LogP contribution is 2.62. The van der Waals surface area contributed by atoms with E-state index >= 15 is 0 Å². The molecule has 1 fully saturated rings. The molecule has 8 N–H and O–H groups in total. The van der Waals surface area contributed by atoms with Gasteiger partial charge in [-0.25, -0.2) is 0 Å². The van der Waals surface area contributed by atoms with E-state index in [1.807, 2.05) is 12.1 Å². The maximum absolute atomic E-state index is 10.4. The van der Waals surface area contributed by atoms with Gasteiger partial charge in [0, 0.05) is 22.9 Å². The fourth-order valence-corrected chi connectivity index (χ4v) is 5.88. The maximum Gasteiger partial charge on any atom is 0.249 e. The molecule has 9 atom stereocenters. The van der Waals surface area contributed by atoms with Crippen LogP contribution < -0.4 is 10.5 Å². The van der Waals surface area contributed by atoms with Gasteiger partial charge in [-0.2, -0.15) is 0 Å². The molecule has 34 heavy (non-hydrogen) atoms. The van der Waals surface area contributed by atoms with Crippen molar-refractivity contribution in [3.05, 3.63) is 35.4 Å². The second-order valence-corrected chi connectivity index (χ2v) is 9.39. The van der Waals surface area contributed by atoms with E-state index in [1.165, 1.54) is 11.1 Å². The lowest BCUT2D eigenvalue weighted by atomic mass is 9.53. The number of likely N-dealkylation sites (tertiary alicyclic amines) is 1. The quantitative estimate of drug-likeness (QED) is 0.173. The number of likely N-dealkylation sites (N-methyl/N-ethyl adjacent to an activating group) is 1. The molecular formula is C23H30N2O9. The van der Waals surface area contributed by atoms with Crippen LogP contribution in [0.2, 0.25) is 0 Å². The number of carbonyl (C=O) groups is 2. The molecule has 186 valence electrons. The molecular weight excluding hydrogens is 448 g/mol. The highest BCUT2D eigenvalue weighted by molar-refractivity contribution is 5.79. The Morgan fingerprint density at radius 1 is 1.24 bits per heavy atom. The summed E-state index contributed by atoms with van der Waals surface area (Å²) >= 11 is 0. The van der Waals surface area contributed by atoms with Crippen LogP contribution in [0.25, 0.3) is 0 Å². The van der Waals surface area contributed by atoms with E-state index < -0.39 is 36.4 Å². The van der Waals surface area contributed by atoms with Gasteiger partial charge in [-0.1, -0.05) is 18.2 Å². The number of primary amides is 1. The number of phenols is 1. The molecule has 0 aromatic heterocycles. The first-order chi connectivity index (χ1) is 16.0. The average Bonchev–Trinajstić information content (AvgIpc) is 3.18. The third-order valence-electron chi connectivity index (χ3n) is 7.60. The third-order valence-corrected chi connectivity index (χ3v) is 7.60. The van der Waals surface area contributed by atoms with Crippen LogP contribution in [0.15, 0.2) is 24.3 Å². The monoisotopic (exact) mass is 478 g/mol. The Bertz CT molecular complexity index is 1000. The van der Waals surface area contributed by atoms with Crippen molar-refractivity contribution in [2.75, 3.05) is 13.6 Å². The highest BCUT2D eigenvalue weighted by Gasteiger charge is 2.64. The number of benzene rings is 1. The molecule has 0 saturated carbocycles. The Kier molecular flexibility index (Phi) is 6.44. The molecule has 11 heteroatoms. The molecule has 2 aliphatic carbocycles. The number of rotatable bonds is 5. The highest BCUT2D eigenvalue weighted by atomic mass is 16.5. The van der Waals surface area contributed by atoms with Crippen LogP contribution in [0, 0.1) is 5.92 Å². The second kappa shape index (κ2) is 8.91. The van der Waals surface area contributed by atoms with Gasteiger partial charge in [0.1, 0.15) is 30.5 Å². The van der Waals surface area contributed by atoms with Gasteiger partial charge >= 0.3 is 0 Å². The standard InChI is InChI=1S/C17H19NO3.C6H11NO6/c1-18-7-6-17-10-3-5-13(20)16(17)21-15-12(19)4-2-9(14(15)17)8-11(10)18;7-6(13)5(12)4(11)3(10)2(9)1-8/h2-5,10-11,13,16,19-20H,6-8H2,1H3;1-5,9-12H,(H2,7,13)/t10-,11+,13-,16-,17-;2-,3+,4-,5-/m00/s1. The normalized spacial score (nSPS) is 33.9. The van der Waals surface area contributed by atoms with Gasteiger partial charge in [0.15, 0.2) is 23.9 Å². The second-order valence-electron chi connectivity index (χ2n) is 9.39. The average molecular weight is 478 g/mol. The predicted molar refractivity (Wildman–Crippen MR) is 117 cm³/mol. The minimum absolute atomic E-state index is 0.0401. The number of ether oxygens (including phenoxy) is 1. The molecule has 5 rings (SSSR count). The topological polar surface area (TPSA) is 194 Å². The van der Waals surface area contributed by atoms with Crippen LogP contribution in [0.4, 0.5) is 0 Å². The molecule has 1 spiro atoms. The summed E-state index contributed by atoms with van der Waals surface area (Å²) in [5.41, 5.74) is 6.88. The van der Waals surface area contributed by atoms with Crippen LogP contribution in [0.5, 0.6) is 11.5 Å². The summed E-state index contributed by atoms with van der Waals surface area (Å²) in [4.78, 5) is 22.6. The zero-order chi connectivity index (χ0) is 24.9. The summed E-state index contributed by atoms with van der Waals surface area (Å²) in [6.07, 6.45) is -2.69. The van der Waals surface area contributed by atoms with Crippen LogP contribution in [-0.2, 0) is 21.4 Å². The smallest absolute Gasteiger partial charge is 0.249 e. The molecule has 11 nitrogen and oxygen atoms in total. The molecule has 0 unspecified atom stereocenters. The van der Waals surface area contributed by atoms with Crippen molar-refractivity contribution in [3.63, 3.8) is 0 Å². The van der Waals surface area contributed by atoms with E-state index in [0.717, 1.165) is 19.4 Å². The Balaban J connectivity index is 0.000000185. The number of carbonyl (C=O) groups excluding carboxylic acids is 2. The first kappa shape index (κ1) is 24.6. The van der Waals surface area contributed by atoms with Gasteiger partial charge in [0.05, 0.1) is 0 Å². The molecule has 0 radical (unpaired) electrons. The van der Waals surface area contributed by atoms with Crippen LogP contribution in [0.3, 0.4) is 0 Å². The fourth-order valence-electron chi connectivity index (χ4n) is 5.88. The van der Waals surface area contributed by atoms with E-state index in [0.29, 0.717) is 17.7 Å². The van der Waals surface area contributed by atoms with Gasteiger partial charge in [0.25, 0.3) is 0 Å². The van der Waals surface area contributed by atoms with Crippen molar-refractivity contribution < 1.29 is 45.0 Å². The van der Waals surface area contributed by atoms with Crippen molar-refractivity contribution in [3.8, 4) is 11.5 Å². The van der Waals surface area contributed by atoms with Crippen molar-refractivity contribution in [1.29, 1.82) is 0 Å². The number of aromatic hydroxyl groups is 1. The van der Waals surface area contributed by atoms with Gasteiger partial charge < -0.3 is 50.8 Å². The van der Waals surface area contributed by atoms with Gasteiger partial charge in [-0.15, -0.1) is 0 Å². The Morgan fingerprint density at radius 2 is 1.94 bits per heavy atom. The summed E-state index contributed by atoms with van der Waals surface area (Å²) in [5, 5.41) is 56.0. The van der Waals surface area contributed by atoms with Crippen molar-refractivity contribution >= 4 is 12.2 Å². The van der Waals surface area contributed by atoms with Gasteiger partial charge in [-0.3, -0.25) is 4.79 Å². The number of hydrogen-bond acceptors (Lipinski definition) is 10. The summed E-state index contributed by atoms with van der Waals surface area (Å²) in [5.74, 6) is -0.0704. The van der Waals surface area contributed by atoms with Crippen LogP contribution >= 0.6 is 0 Å². The van der Waals surface area contributed by atoms with E-state index in [9.17, 15) is 19.8 Å². The number of nitrogens with zero attached hydrogens (tertiary/aromatic N) is 1. The lowest BCUT2D eigenvalue weighted by Crippen LogP contribution is -2.64. The summed E-state index contributed by atoms with van der Waals surface area (Å²) in [7, 11) is 2.19.